The standard InChI is InChI=1S/C10H21N/c1-8-5-3-4-6-10(11)9(2)7-8/h8-10H,3-7,11H2,1-2H3. The molecule has 1 heteroatoms. The van der Waals surface area contributed by atoms with Crippen molar-refractivity contribution in [3.8, 4) is 0 Å². The summed E-state index contributed by atoms with van der Waals surface area (Å²) in [5, 5.41) is 0. The predicted octanol–water partition coefficient (Wildman–Crippen LogP) is 2.55. The topological polar surface area (TPSA) is 26.0 Å². The number of hydrogen-bond acceptors (Lipinski definition) is 1. The summed E-state index contributed by atoms with van der Waals surface area (Å²) in [6.07, 6.45) is 6.73. The van der Waals surface area contributed by atoms with Crippen LogP contribution in [0, 0.1) is 11.8 Å². The van der Waals surface area contributed by atoms with E-state index in [1.807, 2.05) is 0 Å². The van der Waals surface area contributed by atoms with Crippen molar-refractivity contribution >= 4 is 0 Å². The molecule has 3 unspecified atom stereocenters. The molecule has 1 nitrogen and oxygen atoms in total. The Balaban J connectivity index is 2.38. The Kier molecular flexibility index (Phi) is 3.38. The highest BCUT2D eigenvalue weighted by Crippen LogP contribution is 2.25. The molecule has 11 heavy (non-hydrogen) atoms. The van der Waals surface area contributed by atoms with E-state index in [-0.39, 0.29) is 0 Å². The van der Waals surface area contributed by atoms with Gasteiger partial charge in [0.05, 0.1) is 0 Å². The van der Waals surface area contributed by atoms with E-state index in [2.05, 4.69) is 13.8 Å². The molecule has 0 aromatic carbocycles. The van der Waals surface area contributed by atoms with Crippen molar-refractivity contribution in [2.24, 2.45) is 17.6 Å². The van der Waals surface area contributed by atoms with E-state index < -0.39 is 0 Å². The fraction of sp³-hybridized carbons (Fsp3) is 1.00. The van der Waals surface area contributed by atoms with Gasteiger partial charge in [-0.2, -0.15) is 0 Å². The van der Waals surface area contributed by atoms with Crippen molar-refractivity contribution in [3.63, 3.8) is 0 Å². The fourth-order valence-corrected chi connectivity index (χ4v) is 2.08. The molecule has 1 aliphatic carbocycles. The lowest BCUT2D eigenvalue weighted by Crippen LogP contribution is -2.30. The molecule has 1 saturated carbocycles. The summed E-state index contributed by atoms with van der Waals surface area (Å²) in [5.74, 6) is 1.64. The fourth-order valence-electron chi connectivity index (χ4n) is 2.08. The first-order valence-corrected chi connectivity index (χ1v) is 4.95. The van der Waals surface area contributed by atoms with Crippen LogP contribution in [0.4, 0.5) is 0 Å². The molecule has 1 aliphatic rings. The van der Waals surface area contributed by atoms with E-state index in [1.54, 1.807) is 0 Å². The minimum atomic E-state index is 0.470. The van der Waals surface area contributed by atoms with Gasteiger partial charge in [-0.3, -0.25) is 0 Å². The van der Waals surface area contributed by atoms with E-state index in [0.29, 0.717) is 6.04 Å². The Labute approximate surface area is 70.4 Å². The van der Waals surface area contributed by atoms with Crippen molar-refractivity contribution < 1.29 is 0 Å². The molecule has 0 aliphatic heterocycles. The molecule has 66 valence electrons. The average Bonchev–Trinajstić information content (AvgIpc) is 1.95. The van der Waals surface area contributed by atoms with Gasteiger partial charge in [0.1, 0.15) is 0 Å². The van der Waals surface area contributed by atoms with Crippen LogP contribution in [-0.2, 0) is 0 Å². The molecule has 0 aromatic heterocycles. The van der Waals surface area contributed by atoms with Crippen LogP contribution in [0.1, 0.15) is 46.0 Å². The molecule has 3 atom stereocenters. The molecule has 0 saturated heterocycles. The van der Waals surface area contributed by atoms with Crippen LogP contribution >= 0.6 is 0 Å². The maximum absolute atomic E-state index is 6.01. The summed E-state index contributed by atoms with van der Waals surface area (Å²) in [4.78, 5) is 0. The highest BCUT2D eigenvalue weighted by molar-refractivity contribution is 4.74. The van der Waals surface area contributed by atoms with E-state index >= 15 is 0 Å². The number of rotatable bonds is 0. The summed E-state index contributed by atoms with van der Waals surface area (Å²) in [5.41, 5.74) is 6.01. The molecule has 0 amide bonds. The Hall–Kier alpha value is -0.0400. The normalized spacial score (nSPS) is 41.2. The Morgan fingerprint density at radius 3 is 2.45 bits per heavy atom. The highest BCUT2D eigenvalue weighted by atomic mass is 14.6. The molecule has 2 N–H and O–H groups in total. The average molecular weight is 155 g/mol. The molecular formula is C10H21N. The van der Waals surface area contributed by atoms with Crippen LogP contribution in [0.2, 0.25) is 0 Å². The van der Waals surface area contributed by atoms with Gasteiger partial charge in [0.2, 0.25) is 0 Å². The zero-order valence-corrected chi connectivity index (χ0v) is 7.84. The first kappa shape index (κ1) is 9.05. The first-order valence-electron chi connectivity index (χ1n) is 4.95. The van der Waals surface area contributed by atoms with Crippen molar-refractivity contribution in [3.05, 3.63) is 0 Å². The zero-order valence-electron chi connectivity index (χ0n) is 7.84. The van der Waals surface area contributed by atoms with Crippen LogP contribution in [-0.4, -0.2) is 6.04 Å². The summed E-state index contributed by atoms with van der Waals surface area (Å²) in [6.45, 7) is 4.65. The zero-order chi connectivity index (χ0) is 8.27. The first-order chi connectivity index (χ1) is 5.20. The lowest BCUT2D eigenvalue weighted by molar-refractivity contribution is 0.296. The van der Waals surface area contributed by atoms with Crippen LogP contribution in [0.5, 0.6) is 0 Å². The molecule has 0 aromatic rings. The minimum Gasteiger partial charge on any atom is -0.327 e. The second-order valence-corrected chi connectivity index (χ2v) is 4.27. The van der Waals surface area contributed by atoms with Gasteiger partial charge in [0, 0.05) is 6.04 Å². The molecule has 0 spiro atoms. The van der Waals surface area contributed by atoms with Crippen molar-refractivity contribution in [1.29, 1.82) is 0 Å². The molecular weight excluding hydrogens is 134 g/mol. The Bertz CT molecular complexity index is 111. The molecule has 1 fully saturated rings. The second kappa shape index (κ2) is 4.10. The predicted molar refractivity (Wildman–Crippen MR) is 49.4 cm³/mol. The molecule has 0 radical (unpaired) electrons. The van der Waals surface area contributed by atoms with Crippen LogP contribution in [0.25, 0.3) is 0 Å². The Morgan fingerprint density at radius 1 is 1.09 bits per heavy atom. The van der Waals surface area contributed by atoms with Crippen LogP contribution in [0.15, 0.2) is 0 Å². The maximum Gasteiger partial charge on any atom is 0.00646 e. The summed E-state index contributed by atoms with van der Waals surface area (Å²) in [6, 6.07) is 0.470. The monoisotopic (exact) mass is 155 g/mol. The summed E-state index contributed by atoms with van der Waals surface area (Å²) in [7, 11) is 0. The third kappa shape index (κ3) is 2.82. The van der Waals surface area contributed by atoms with E-state index in [0.717, 1.165) is 11.8 Å². The lowest BCUT2D eigenvalue weighted by Gasteiger charge is -2.26. The largest absolute Gasteiger partial charge is 0.327 e. The molecule has 0 heterocycles. The summed E-state index contributed by atoms with van der Waals surface area (Å²) < 4.78 is 0. The van der Waals surface area contributed by atoms with Crippen molar-refractivity contribution in [2.45, 2.75) is 52.0 Å². The summed E-state index contributed by atoms with van der Waals surface area (Å²) >= 11 is 0. The van der Waals surface area contributed by atoms with Gasteiger partial charge < -0.3 is 5.73 Å². The van der Waals surface area contributed by atoms with Crippen molar-refractivity contribution in [1.82, 2.24) is 0 Å². The van der Waals surface area contributed by atoms with E-state index in [1.165, 1.54) is 32.1 Å². The SMILES string of the molecule is CC1CCCCC(N)C(C)C1. The van der Waals surface area contributed by atoms with Gasteiger partial charge in [0.25, 0.3) is 0 Å². The quantitative estimate of drug-likeness (QED) is 0.571. The second-order valence-electron chi connectivity index (χ2n) is 4.27. The van der Waals surface area contributed by atoms with Crippen LogP contribution < -0.4 is 5.73 Å². The van der Waals surface area contributed by atoms with Gasteiger partial charge in [-0.05, 0) is 24.7 Å². The highest BCUT2D eigenvalue weighted by Gasteiger charge is 2.18. The Morgan fingerprint density at radius 2 is 1.73 bits per heavy atom. The minimum absolute atomic E-state index is 0.470. The van der Waals surface area contributed by atoms with Gasteiger partial charge >= 0.3 is 0 Å². The van der Waals surface area contributed by atoms with Gasteiger partial charge in [-0.15, -0.1) is 0 Å². The number of hydrogen-bond donors (Lipinski definition) is 1. The maximum atomic E-state index is 6.01. The van der Waals surface area contributed by atoms with Crippen LogP contribution in [0.3, 0.4) is 0 Å². The molecule has 0 bridgehead atoms. The lowest BCUT2D eigenvalue weighted by atomic mass is 9.83. The van der Waals surface area contributed by atoms with E-state index in [9.17, 15) is 0 Å². The third-order valence-electron chi connectivity index (χ3n) is 2.99. The van der Waals surface area contributed by atoms with Gasteiger partial charge in [-0.1, -0.05) is 33.1 Å². The van der Waals surface area contributed by atoms with Gasteiger partial charge in [0.15, 0.2) is 0 Å². The molecule has 1 rings (SSSR count). The van der Waals surface area contributed by atoms with E-state index in [4.69, 9.17) is 5.73 Å². The van der Waals surface area contributed by atoms with Gasteiger partial charge in [-0.25, -0.2) is 0 Å². The third-order valence-corrected chi connectivity index (χ3v) is 2.99. The smallest absolute Gasteiger partial charge is 0.00646 e. The number of nitrogens with two attached hydrogens (primary N) is 1. The van der Waals surface area contributed by atoms with Crippen molar-refractivity contribution in [2.75, 3.05) is 0 Å².